The average Bonchev–Trinajstić information content (AvgIpc) is 2.69. The summed E-state index contributed by atoms with van der Waals surface area (Å²) < 4.78 is 3.89. The lowest BCUT2D eigenvalue weighted by Crippen LogP contribution is -2.32. The monoisotopic (exact) mass is 307 g/mol. The van der Waals surface area contributed by atoms with Gasteiger partial charge in [0, 0.05) is 0 Å². The number of aliphatic imine (C=N–C) groups is 1. The molecule has 0 bridgehead atoms. The number of benzene rings is 1. The molecule has 1 aromatic carbocycles. The number of hydrogen-bond acceptors (Lipinski definition) is 3. The summed E-state index contributed by atoms with van der Waals surface area (Å²) in [5.41, 5.74) is 0.0303. The maximum atomic E-state index is 9.52. The van der Waals surface area contributed by atoms with E-state index in [4.69, 9.17) is 39.5 Å². The standard InChI is InChI=1S/C12H12Cl3NO2/c1-11(7-17)9(8-5-3-2-4-6-8)18-10(16-11)12(13,14)15/h2-6,9,17H,7H2,1H3/t9-,11-/m0/s1. The van der Waals surface area contributed by atoms with Gasteiger partial charge >= 0.3 is 0 Å². The first-order valence-electron chi connectivity index (χ1n) is 5.36. The minimum Gasteiger partial charge on any atom is -0.467 e. The molecule has 0 amide bonds. The lowest BCUT2D eigenvalue weighted by molar-refractivity contribution is 0.0945. The molecule has 18 heavy (non-hydrogen) atoms. The molecule has 98 valence electrons. The fraction of sp³-hybridized carbons (Fsp3) is 0.417. The summed E-state index contributed by atoms with van der Waals surface area (Å²) >= 11 is 17.3. The van der Waals surface area contributed by atoms with Crippen LogP contribution >= 0.6 is 34.8 Å². The minimum atomic E-state index is -1.72. The second kappa shape index (κ2) is 4.89. The third-order valence-electron chi connectivity index (χ3n) is 2.82. The Labute approximate surface area is 120 Å². The first-order valence-corrected chi connectivity index (χ1v) is 6.50. The molecule has 1 aliphatic rings. The van der Waals surface area contributed by atoms with Crippen molar-refractivity contribution in [3.8, 4) is 0 Å². The largest absolute Gasteiger partial charge is 0.467 e. The predicted molar refractivity (Wildman–Crippen MR) is 73.5 cm³/mol. The van der Waals surface area contributed by atoms with E-state index in [0.29, 0.717) is 0 Å². The number of hydrogen-bond donors (Lipinski definition) is 1. The molecule has 2 atom stereocenters. The fourth-order valence-electron chi connectivity index (χ4n) is 1.86. The summed E-state index contributed by atoms with van der Waals surface area (Å²) in [7, 11) is 0. The molecule has 0 unspecified atom stereocenters. The fourth-order valence-corrected chi connectivity index (χ4v) is 2.12. The number of halogens is 3. The van der Waals surface area contributed by atoms with E-state index in [2.05, 4.69) is 4.99 Å². The van der Waals surface area contributed by atoms with E-state index in [1.54, 1.807) is 6.92 Å². The number of nitrogens with zero attached hydrogens (tertiary/aromatic N) is 1. The van der Waals surface area contributed by atoms with Crippen LogP contribution in [-0.2, 0) is 4.74 Å². The Morgan fingerprint density at radius 1 is 1.33 bits per heavy atom. The van der Waals surface area contributed by atoms with E-state index in [1.807, 2.05) is 30.3 Å². The molecule has 0 saturated carbocycles. The highest BCUT2D eigenvalue weighted by Gasteiger charge is 2.48. The number of alkyl halides is 3. The molecule has 1 aliphatic heterocycles. The summed E-state index contributed by atoms with van der Waals surface area (Å²) in [5.74, 6) is 0.0119. The molecule has 0 spiro atoms. The molecule has 0 radical (unpaired) electrons. The van der Waals surface area contributed by atoms with Crippen LogP contribution in [-0.4, -0.2) is 26.9 Å². The molecule has 1 aromatic rings. The van der Waals surface area contributed by atoms with Gasteiger partial charge in [-0.15, -0.1) is 0 Å². The van der Waals surface area contributed by atoms with Gasteiger partial charge in [-0.3, -0.25) is 0 Å². The zero-order chi connectivity index (χ0) is 13.4. The Morgan fingerprint density at radius 2 is 1.94 bits per heavy atom. The van der Waals surface area contributed by atoms with Crippen LogP contribution in [0.1, 0.15) is 18.6 Å². The lowest BCUT2D eigenvalue weighted by Gasteiger charge is -2.25. The maximum absolute atomic E-state index is 9.52. The van der Waals surface area contributed by atoms with Crippen molar-refractivity contribution in [3.63, 3.8) is 0 Å². The van der Waals surface area contributed by atoms with Crippen LogP contribution in [0.4, 0.5) is 0 Å². The van der Waals surface area contributed by atoms with Crippen molar-refractivity contribution >= 4 is 40.7 Å². The van der Waals surface area contributed by atoms with Crippen LogP contribution < -0.4 is 0 Å². The van der Waals surface area contributed by atoms with Gasteiger partial charge in [-0.25, -0.2) is 4.99 Å². The van der Waals surface area contributed by atoms with Crippen molar-refractivity contribution in [2.24, 2.45) is 4.99 Å². The molecular weight excluding hydrogens is 296 g/mol. The van der Waals surface area contributed by atoms with E-state index in [1.165, 1.54) is 0 Å². The highest BCUT2D eigenvalue weighted by atomic mass is 35.6. The van der Waals surface area contributed by atoms with Gasteiger partial charge in [0.1, 0.15) is 5.54 Å². The lowest BCUT2D eigenvalue weighted by atomic mass is 9.91. The Bertz CT molecular complexity index is 458. The van der Waals surface area contributed by atoms with Crippen molar-refractivity contribution in [1.29, 1.82) is 0 Å². The number of rotatable bonds is 2. The van der Waals surface area contributed by atoms with Crippen molar-refractivity contribution in [2.45, 2.75) is 22.4 Å². The molecule has 3 nitrogen and oxygen atoms in total. The van der Waals surface area contributed by atoms with Crippen molar-refractivity contribution in [2.75, 3.05) is 6.61 Å². The zero-order valence-corrected chi connectivity index (χ0v) is 11.9. The maximum Gasteiger partial charge on any atom is 0.266 e. The molecule has 1 heterocycles. The van der Waals surface area contributed by atoms with Gasteiger partial charge in [-0.1, -0.05) is 65.1 Å². The molecule has 0 fully saturated rings. The van der Waals surface area contributed by atoms with Gasteiger partial charge in [0.25, 0.3) is 3.79 Å². The molecule has 0 saturated heterocycles. The molecule has 0 aliphatic carbocycles. The highest BCUT2D eigenvalue weighted by molar-refractivity contribution is 6.76. The third-order valence-corrected chi connectivity index (χ3v) is 3.30. The van der Waals surface area contributed by atoms with Crippen LogP contribution in [0.3, 0.4) is 0 Å². The number of ether oxygens (including phenoxy) is 1. The van der Waals surface area contributed by atoms with E-state index in [0.717, 1.165) is 5.56 Å². The average molecular weight is 309 g/mol. The van der Waals surface area contributed by atoms with E-state index in [9.17, 15) is 5.11 Å². The normalized spacial score (nSPS) is 27.8. The SMILES string of the molecule is C[C@@]1(CO)N=C(C(Cl)(Cl)Cl)O[C@H]1c1ccccc1. The van der Waals surface area contributed by atoms with Crippen LogP contribution in [0.15, 0.2) is 35.3 Å². The Morgan fingerprint density at radius 3 is 2.44 bits per heavy atom. The van der Waals surface area contributed by atoms with Gasteiger partial charge in [0.15, 0.2) is 6.10 Å². The summed E-state index contributed by atoms with van der Waals surface area (Å²) in [6.45, 7) is 1.56. The first-order chi connectivity index (χ1) is 8.37. The summed E-state index contributed by atoms with van der Waals surface area (Å²) in [4.78, 5) is 4.22. The van der Waals surface area contributed by atoms with Gasteiger partial charge in [0.2, 0.25) is 5.90 Å². The Hall–Kier alpha value is -0.480. The quantitative estimate of drug-likeness (QED) is 0.852. The summed E-state index contributed by atoms with van der Waals surface area (Å²) in [6, 6.07) is 9.42. The predicted octanol–water partition coefficient (Wildman–Crippen LogP) is 3.28. The van der Waals surface area contributed by atoms with Crippen LogP contribution in [0.5, 0.6) is 0 Å². The Kier molecular flexibility index (Phi) is 3.79. The smallest absolute Gasteiger partial charge is 0.266 e. The molecular formula is C12H12Cl3NO2. The van der Waals surface area contributed by atoms with Crippen LogP contribution in [0, 0.1) is 0 Å². The van der Waals surface area contributed by atoms with Crippen LogP contribution in [0.2, 0.25) is 0 Å². The third kappa shape index (κ3) is 2.59. The van der Waals surface area contributed by atoms with Crippen LogP contribution in [0.25, 0.3) is 0 Å². The molecule has 6 heteroatoms. The molecule has 2 rings (SSSR count). The van der Waals surface area contributed by atoms with E-state index >= 15 is 0 Å². The van der Waals surface area contributed by atoms with Crippen molar-refractivity contribution < 1.29 is 9.84 Å². The minimum absolute atomic E-state index is 0.0119. The Balaban J connectivity index is 2.36. The van der Waals surface area contributed by atoms with Crippen molar-refractivity contribution in [3.05, 3.63) is 35.9 Å². The van der Waals surface area contributed by atoms with Gasteiger partial charge < -0.3 is 9.84 Å². The van der Waals surface area contributed by atoms with Crippen molar-refractivity contribution in [1.82, 2.24) is 0 Å². The molecule has 1 N–H and O–H groups in total. The zero-order valence-electron chi connectivity index (χ0n) is 9.61. The van der Waals surface area contributed by atoms with Gasteiger partial charge in [-0.05, 0) is 12.5 Å². The van der Waals surface area contributed by atoms with Gasteiger partial charge in [-0.2, -0.15) is 0 Å². The highest BCUT2D eigenvalue weighted by Crippen LogP contribution is 2.43. The van der Waals surface area contributed by atoms with E-state index in [-0.39, 0.29) is 12.5 Å². The van der Waals surface area contributed by atoms with E-state index < -0.39 is 15.4 Å². The topological polar surface area (TPSA) is 41.8 Å². The first kappa shape index (κ1) is 13.9. The summed E-state index contributed by atoms with van der Waals surface area (Å²) in [5, 5.41) is 9.52. The second-order valence-electron chi connectivity index (χ2n) is 4.34. The number of aliphatic hydroxyl groups is 1. The van der Waals surface area contributed by atoms with Gasteiger partial charge in [0.05, 0.1) is 6.61 Å². The second-order valence-corrected chi connectivity index (χ2v) is 6.62. The molecule has 0 aromatic heterocycles. The number of aliphatic hydroxyl groups excluding tert-OH is 1. The summed E-state index contributed by atoms with van der Waals surface area (Å²) in [6.07, 6.45) is -0.464.